The van der Waals surface area contributed by atoms with E-state index in [4.69, 9.17) is 9.84 Å². The quantitative estimate of drug-likeness (QED) is 0.675. The minimum atomic E-state index is -0.978. The van der Waals surface area contributed by atoms with Crippen molar-refractivity contribution < 1.29 is 19.4 Å². The highest BCUT2D eigenvalue weighted by Crippen LogP contribution is 2.08. The minimum absolute atomic E-state index is 0.0613. The number of nitrogens with zero attached hydrogens (tertiary/aromatic N) is 1. The van der Waals surface area contributed by atoms with Gasteiger partial charge in [-0.3, -0.25) is 9.59 Å². The molecular formula is C17H25NO4. The Labute approximate surface area is 131 Å². The standard InChI is InChI=1S/C17H25NO4/c1-3-14(2)18(12-17(20)21)16(19)10-7-11-22-13-15-8-5-4-6-9-15/h4-6,8-9,14H,3,7,10-13H2,1-2H3,(H,20,21). The van der Waals surface area contributed by atoms with Crippen LogP contribution in [0.25, 0.3) is 0 Å². The highest BCUT2D eigenvalue weighted by molar-refractivity contribution is 5.81. The maximum Gasteiger partial charge on any atom is 0.323 e. The Hall–Kier alpha value is -1.88. The topological polar surface area (TPSA) is 66.8 Å². The molecule has 0 radical (unpaired) electrons. The normalized spacial score (nSPS) is 11.9. The van der Waals surface area contributed by atoms with E-state index in [2.05, 4.69) is 0 Å². The zero-order valence-electron chi connectivity index (χ0n) is 13.3. The van der Waals surface area contributed by atoms with Gasteiger partial charge in [0.25, 0.3) is 0 Å². The van der Waals surface area contributed by atoms with E-state index in [1.165, 1.54) is 4.90 Å². The summed E-state index contributed by atoms with van der Waals surface area (Å²) in [6.45, 7) is 4.59. The molecule has 0 heterocycles. The van der Waals surface area contributed by atoms with Gasteiger partial charge in [-0.2, -0.15) is 0 Å². The van der Waals surface area contributed by atoms with Crippen molar-refractivity contribution in [3.63, 3.8) is 0 Å². The van der Waals surface area contributed by atoms with E-state index in [9.17, 15) is 9.59 Å². The number of carboxylic acid groups (broad SMARTS) is 1. The van der Waals surface area contributed by atoms with Gasteiger partial charge < -0.3 is 14.7 Å². The highest BCUT2D eigenvalue weighted by Gasteiger charge is 2.20. The number of hydrogen-bond donors (Lipinski definition) is 1. The summed E-state index contributed by atoms with van der Waals surface area (Å²) in [5.74, 6) is -1.10. The Bertz CT molecular complexity index is 461. The van der Waals surface area contributed by atoms with Gasteiger partial charge in [-0.05, 0) is 25.3 Å². The third kappa shape index (κ3) is 6.72. The largest absolute Gasteiger partial charge is 0.480 e. The SMILES string of the molecule is CCC(C)N(CC(=O)O)C(=O)CCCOCc1ccccc1. The monoisotopic (exact) mass is 307 g/mol. The van der Waals surface area contributed by atoms with E-state index in [-0.39, 0.29) is 18.5 Å². The first kappa shape index (κ1) is 18.2. The summed E-state index contributed by atoms with van der Waals surface area (Å²) >= 11 is 0. The maximum atomic E-state index is 12.1. The number of aliphatic carboxylic acids is 1. The van der Waals surface area contributed by atoms with E-state index >= 15 is 0 Å². The molecule has 0 aromatic heterocycles. The molecule has 1 aromatic carbocycles. The summed E-state index contributed by atoms with van der Waals surface area (Å²) in [7, 11) is 0. The lowest BCUT2D eigenvalue weighted by molar-refractivity contribution is -0.146. The fraction of sp³-hybridized carbons (Fsp3) is 0.529. The van der Waals surface area contributed by atoms with Crippen molar-refractivity contribution in [1.29, 1.82) is 0 Å². The van der Waals surface area contributed by atoms with Crippen LogP contribution in [-0.4, -0.2) is 41.1 Å². The molecule has 5 nitrogen and oxygen atoms in total. The van der Waals surface area contributed by atoms with Crippen LogP contribution in [0.15, 0.2) is 30.3 Å². The molecule has 0 spiro atoms. The molecule has 0 saturated carbocycles. The molecule has 1 unspecified atom stereocenters. The van der Waals surface area contributed by atoms with Crippen LogP contribution in [0, 0.1) is 0 Å². The Kier molecular flexibility index (Phi) is 8.22. The number of amides is 1. The van der Waals surface area contributed by atoms with Crippen LogP contribution >= 0.6 is 0 Å². The van der Waals surface area contributed by atoms with Crippen molar-refractivity contribution in [2.24, 2.45) is 0 Å². The molecule has 0 aliphatic heterocycles. The molecule has 0 aliphatic rings. The van der Waals surface area contributed by atoms with Crippen molar-refractivity contribution >= 4 is 11.9 Å². The molecule has 0 aliphatic carbocycles. The zero-order valence-corrected chi connectivity index (χ0v) is 13.3. The van der Waals surface area contributed by atoms with Gasteiger partial charge in [-0.15, -0.1) is 0 Å². The Morgan fingerprint density at radius 1 is 1.27 bits per heavy atom. The predicted octanol–water partition coefficient (Wildman–Crippen LogP) is 2.70. The van der Waals surface area contributed by atoms with E-state index in [1.807, 2.05) is 44.2 Å². The van der Waals surface area contributed by atoms with E-state index < -0.39 is 5.97 Å². The number of benzene rings is 1. The molecule has 122 valence electrons. The molecule has 0 saturated heterocycles. The van der Waals surface area contributed by atoms with Crippen LogP contribution in [0.4, 0.5) is 0 Å². The fourth-order valence-corrected chi connectivity index (χ4v) is 2.09. The molecule has 22 heavy (non-hydrogen) atoms. The maximum absolute atomic E-state index is 12.1. The third-order valence-corrected chi connectivity index (χ3v) is 3.54. The van der Waals surface area contributed by atoms with Crippen LogP contribution in [0.1, 0.15) is 38.7 Å². The summed E-state index contributed by atoms with van der Waals surface area (Å²) < 4.78 is 5.53. The molecule has 1 N–H and O–H groups in total. The van der Waals surface area contributed by atoms with Gasteiger partial charge in [0, 0.05) is 19.1 Å². The van der Waals surface area contributed by atoms with Crippen molar-refractivity contribution in [2.45, 2.75) is 45.8 Å². The second-order valence-electron chi connectivity index (χ2n) is 5.31. The van der Waals surface area contributed by atoms with Crippen molar-refractivity contribution in [1.82, 2.24) is 4.90 Å². The Balaban J connectivity index is 2.29. The molecule has 1 aromatic rings. The molecule has 1 amide bonds. The van der Waals surface area contributed by atoms with Gasteiger partial charge in [0.05, 0.1) is 6.61 Å². The number of rotatable bonds is 10. The number of carboxylic acids is 1. The van der Waals surface area contributed by atoms with E-state index in [0.717, 1.165) is 12.0 Å². The first-order valence-corrected chi connectivity index (χ1v) is 7.67. The number of carbonyl (C=O) groups is 2. The van der Waals surface area contributed by atoms with Gasteiger partial charge >= 0.3 is 5.97 Å². The van der Waals surface area contributed by atoms with Gasteiger partial charge in [-0.1, -0.05) is 37.3 Å². The van der Waals surface area contributed by atoms with Gasteiger partial charge in [0.15, 0.2) is 0 Å². The molecule has 0 fully saturated rings. The fourth-order valence-electron chi connectivity index (χ4n) is 2.09. The molecule has 1 atom stereocenters. The Morgan fingerprint density at radius 3 is 2.55 bits per heavy atom. The molecule has 5 heteroatoms. The lowest BCUT2D eigenvalue weighted by Crippen LogP contribution is -2.41. The second-order valence-corrected chi connectivity index (χ2v) is 5.31. The molecular weight excluding hydrogens is 282 g/mol. The summed E-state index contributed by atoms with van der Waals surface area (Å²) in [6, 6.07) is 9.78. The van der Waals surface area contributed by atoms with Gasteiger partial charge in [0.1, 0.15) is 6.54 Å². The van der Waals surface area contributed by atoms with Crippen LogP contribution < -0.4 is 0 Å². The lowest BCUT2D eigenvalue weighted by Gasteiger charge is -2.27. The second kappa shape index (κ2) is 9.95. The van der Waals surface area contributed by atoms with Gasteiger partial charge in [-0.25, -0.2) is 0 Å². The van der Waals surface area contributed by atoms with E-state index in [1.54, 1.807) is 0 Å². The van der Waals surface area contributed by atoms with Crippen LogP contribution in [-0.2, 0) is 20.9 Å². The zero-order chi connectivity index (χ0) is 16.4. The number of hydrogen-bond acceptors (Lipinski definition) is 3. The third-order valence-electron chi connectivity index (χ3n) is 3.54. The summed E-state index contributed by atoms with van der Waals surface area (Å²) in [5, 5.41) is 8.89. The average molecular weight is 307 g/mol. The van der Waals surface area contributed by atoms with Crippen LogP contribution in [0.3, 0.4) is 0 Å². The molecule has 0 bridgehead atoms. The lowest BCUT2D eigenvalue weighted by atomic mass is 10.2. The molecule has 1 rings (SSSR count). The summed E-state index contributed by atoms with van der Waals surface area (Å²) in [6.07, 6.45) is 1.65. The first-order valence-electron chi connectivity index (χ1n) is 7.67. The first-order chi connectivity index (χ1) is 10.5. The minimum Gasteiger partial charge on any atom is -0.480 e. The van der Waals surface area contributed by atoms with Crippen molar-refractivity contribution in [3.8, 4) is 0 Å². The number of carbonyl (C=O) groups excluding carboxylic acids is 1. The van der Waals surface area contributed by atoms with Crippen LogP contribution in [0.5, 0.6) is 0 Å². The summed E-state index contributed by atoms with van der Waals surface area (Å²) in [5.41, 5.74) is 1.10. The average Bonchev–Trinajstić information content (AvgIpc) is 2.52. The summed E-state index contributed by atoms with van der Waals surface area (Å²) in [4.78, 5) is 24.4. The highest BCUT2D eigenvalue weighted by atomic mass is 16.5. The number of ether oxygens (including phenoxy) is 1. The van der Waals surface area contributed by atoms with Crippen LogP contribution in [0.2, 0.25) is 0 Å². The predicted molar refractivity (Wildman–Crippen MR) is 84.4 cm³/mol. The smallest absolute Gasteiger partial charge is 0.323 e. The van der Waals surface area contributed by atoms with Crippen molar-refractivity contribution in [3.05, 3.63) is 35.9 Å². The Morgan fingerprint density at radius 2 is 1.95 bits per heavy atom. The van der Waals surface area contributed by atoms with E-state index in [0.29, 0.717) is 26.1 Å². The van der Waals surface area contributed by atoms with Gasteiger partial charge in [0.2, 0.25) is 5.91 Å². The van der Waals surface area contributed by atoms with Crippen molar-refractivity contribution in [2.75, 3.05) is 13.2 Å².